The molecule has 0 aromatic rings. The van der Waals surface area contributed by atoms with Crippen molar-refractivity contribution in [1.29, 1.82) is 0 Å². The molecule has 0 atom stereocenters. The van der Waals surface area contributed by atoms with Crippen molar-refractivity contribution in [2.45, 2.75) is 0 Å². The molecule has 0 rings (SSSR count). The van der Waals surface area contributed by atoms with Crippen LogP contribution in [0.2, 0.25) is 0 Å². The molecule has 0 aliphatic heterocycles. The van der Waals surface area contributed by atoms with E-state index < -0.39 is 4.19 Å². The van der Waals surface area contributed by atoms with Crippen molar-refractivity contribution in [1.82, 2.24) is 0 Å². The zero-order valence-corrected chi connectivity index (χ0v) is 4.96. The van der Waals surface area contributed by atoms with E-state index in [1.54, 1.807) is 0 Å². The third-order valence-electron chi connectivity index (χ3n) is 0. The smallest absolute Gasteiger partial charge is 1.00 e. The molecule has 0 aliphatic carbocycles. The van der Waals surface area contributed by atoms with Gasteiger partial charge >= 0.3 is 54.0 Å². The van der Waals surface area contributed by atoms with Gasteiger partial charge in [0, 0.05) is 0 Å². The average Bonchev–Trinajstić information content (AvgIpc) is 0.811. The fourth-order valence-corrected chi connectivity index (χ4v) is 0. The monoisotopic (exact) mass is 144 g/mol. The molecule has 0 saturated carbocycles. The molecule has 0 bridgehead atoms. The third-order valence-corrected chi connectivity index (χ3v) is 0. The van der Waals surface area contributed by atoms with Crippen molar-refractivity contribution in [3.05, 3.63) is 0 Å². The molecule has 0 aromatic heterocycles. The molecule has 0 heterocycles. The third kappa shape index (κ3) is 58.1. The first-order valence-electron chi connectivity index (χ1n) is 0.632. The summed E-state index contributed by atoms with van der Waals surface area (Å²) >= 11 is 0.678. The molecule has 0 unspecified atom stereocenters. The molecule has 5 heavy (non-hydrogen) atoms. The van der Waals surface area contributed by atoms with Crippen LogP contribution in [0, 0.1) is 0 Å². The second kappa shape index (κ2) is 4.81. The number of carbonyl (C=O) groups is 1. The normalized spacial score (nSPS) is 4.80. The standard InChI is InChI=1S/CO2.Li.Nb/c2-1-3;;/q-1;+1;. The molecule has 0 radical (unpaired) electrons. The largest absolute Gasteiger partial charge is 1.00 e. The molecule has 0 aliphatic rings. The van der Waals surface area contributed by atoms with Crippen molar-refractivity contribution >= 4 is 4.19 Å². The summed E-state index contributed by atoms with van der Waals surface area (Å²) in [5.74, 6) is 0. The Morgan fingerprint density at radius 3 is 1.80 bits per heavy atom. The summed E-state index contributed by atoms with van der Waals surface area (Å²) in [5.41, 5.74) is 0. The minimum absolute atomic E-state index is 0. The Morgan fingerprint density at radius 1 is 1.80 bits per heavy atom. The molecular formula is CLiNbO2. The van der Waals surface area contributed by atoms with Crippen LogP contribution in [0.1, 0.15) is 0 Å². The first kappa shape index (κ1) is 9.26. The molecule has 0 saturated heterocycles. The van der Waals surface area contributed by atoms with E-state index in [1.165, 1.54) is 0 Å². The van der Waals surface area contributed by atoms with E-state index in [9.17, 15) is 0 Å². The molecule has 0 aromatic carbocycles. The zero-order valence-electron chi connectivity index (χ0n) is 2.76. The van der Waals surface area contributed by atoms with Crippen LogP contribution in [0.15, 0.2) is 0 Å². The van der Waals surface area contributed by atoms with Crippen LogP contribution in [0.25, 0.3) is 0 Å². The minimum Gasteiger partial charge on any atom is 1.00 e. The van der Waals surface area contributed by atoms with Gasteiger partial charge in [0.05, 0.1) is 0 Å². The summed E-state index contributed by atoms with van der Waals surface area (Å²) in [4.78, 5) is 8.91. The molecule has 0 fully saturated rings. The maximum Gasteiger partial charge on any atom is 1.00 e. The van der Waals surface area contributed by atoms with Gasteiger partial charge in [-0.05, 0) is 0 Å². The van der Waals surface area contributed by atoms with E-state index >= 15 is 0 Å². The number of carbonyl (C=O) groups excluding carboxylic acids is 1. The van der Waals surface area contributed by atoms with Crippen LogP contribution >= 0.6 is 0 Å². The van der Waals surface area contributed by atoms with Crippen molar-refractivity contribution in [3.63, 3.8) is 0 Å². The summed E-state index contributed by atoms with van der Waals surface area (Å²) in [6, 6.07) is 0. The Kier molecular flexibility index (Phi) is 8.90. The fraction of sp³-hybridized carbons (Fsp3) is 0. The van der Waals surface area contributed by atoms with Gasteiger partial charge in [0.1, 0.15) is 0 Å². The van der Waals surface area contributed by atoms with Gasteiger partial charge in [-0.1, -0.05) is 0 Å². The van der Waals surface area contributed by atoms with Crippen LogP contribution in [0.4, 0.5) is 4.79 Å². The van der Waals surface area contributed by atoms with Gasteiger partial charge in [-0.2, -0.15) is 0 Å². The quantitative estimate of drug-likeness (QED) is 0.324. The van der Waals surface area contributed by atoms with E-state index in [-0.39, 0.29) is 18.9 Å². The second-order valence-corrected chi connectivity index (χ2v) is 1.16. The summed E-state index contributed by atoms with van der Waals surface area (Å²) in [7, 11) is 0. The number of rotatable bonds is 0. The van der Waals surface area contributed by atoms with Crippen LogP contribution in [0.3, 0.4) is 0 Å². The van der Waals surface area contributed by atoms with Crippen LogP contribution in [-0.4, -0.2) is 4.19 Å². The van der Waals surface area contributed by atoms with Crippen molar-refractivity contribution in [3.8, 4) is 0 Å². The summed E-state index contributed by atoms with van der Waals surface area (Å²) < 4.78 is -1.03. The maximum atomic E-state index is 8.91. The van der Waals surface area contributed by atoms with E-state index in [1.807, 2.05) is 0 Å². The Morgan fingerprint density at radius 2 is 1.80 bits per heavy atom. The molecule has 0 spiro atoms. The number of carboxylic acid groups (broad SMARTS) is 1. The zero-order chi connectivity index (χ0) is 3.58. The van der Waals surface area contributed by atoms with Gasteiger partial charge in [0.15, 0.2) is 0 Å². The van der Waals surface area contributed by atoms with Gasteiger partial charge in [0.25, 0.3) is 0 Å². The van der Waals surface area contributed by atoms with Gasteiger partial charge < -0.3 is 0 Å². The SMILES string of the molecule is O=[C]([O-])[Nb].[Li+]. The predicted molar refractivity (Wildman–Crippen MR) is 5.40 cm³/mol. The van der Waals surface area contributed by atoms with Crippen LogP contribution < -0.4 is 24.0 Å². The van der Waals surface area contributed by atoms with Gasteiger partial charge in [-0.25, -0.2) is 0 Å². The Bertz CT molecular complexity index is 32.6. The Hall–Kier alpha value is 0.808. The summed E-state index contributed by atoms with van der Waals surface area (Å²) in [6.45, 7) is 0. The molecule has 2 nitrogen and oxygen atoms in total. The molecule has 4 heteroatoms. The fourth-order valence-electron chi connectivity index (χ4n) is 0. The summed E-state index contributed by atoms with van der Waals surface area (Å²) in [5, 5.41) is 8.91. The van der Waals surface area contributed by atoms with E-state index in [0.29, 0.717) is 21.1 Å². The van der Waals surface area contributed by atoms with Gasteiger partial charge in [-0.15, -0.1) is 0 Å². The maximum absolute atomic E-state index is 8.91. The Balaban J connectivity index is 0. The molecule has 0 amide bonds. The van der Waals surface area contributed by atoms with Crippen molar-refractivity contribution in [2.24, 2.45) is 0 Å². The molecule has 22 valence electrons. The topological polar surface area (TPSA) is 40.1 Å². The number of hydrogen-bond donors (Lipinski definition) is 0. The molecule has 0 N–H and O–H groups in total. The molecular weight excluding hydrogens is 144 g/mol. The van der Waals surface area contributed by atoms with Gasteiger partial charge in [0.2, 0.25) is 0 Å². The van der Waals surface area contributed by atoms with Gasteiger partial charge in [-0.3, -0.25) is 0 Å². The Labute approximate surface area is 54.0 Å². The number of hydrogen-bond acceptors (Lipinski definition) is 2. The summed E-state index contributed by atoms with van der Waals surface area (Å²) in [6.07, 6.45) is 0. The van der Waals surface area contributed by atoms with E-state index in [4.69, 9.17) is 9.90 Å². The van der Waals surface area contributed by atoms with Crippen molar-refractivity contribution < 1.29 is 49.8 Å². The van der Waals surface area contributed by atoms with Crippen LogP contribution in [0.5, 0.6) is 0 Å². The first-order chi connectivity index (χ1) is 1.73. The average molecular weight is 144 g/mol. The first-order valence-corrected chi connectivity index (χ1v) is 1.73. The van der Waals surface area contributed by atoms with Crippen molar-refractivity contribution in [2.75, 3.05) is 0 Å². The van der Waals surface area contributed by atoms with E-state index in [0.717, 1.165) is 0 Å². The predicted octanol–water partition coefficient (Wildman–Crippen LogP) is -4.12. The van der Waals surface area contributed by atoms with E-state index in [2.05, 4.69) is 0 Å². The second-order valence-electron chi connectivity index (χ2n) is 0.266. The minimum atomic E-state index is -1.03. The van der Waals surface area contributed by atoms with Crippen LogP contribution in [-0.2, 0) is 21.1 Å².